The first kappa shape index (κ1) is 39.7. The number of amides is 4. The molecule has 272 valence electrons. The Balaban J connectivity index is 1.88. The third kappa shape index (κ3) is 12.3. The Morgan fingerprint density at radius 3 is 2.27 bits per heavy atom. The zero-order valence-corrected chi connectivity index (χ0v) is 31.0. The van der Waals surface area contributed by atoms with Gasteiger partial charge in [-0.15, -0.1) is 11.3 Å². The molecule has 4 amide bonds. The van der Waals surface area contributed by atoms with Gasteiger partial charge in [0.05, 0.1) is 29.4 Å². The Morgan fingerprint density at radius 1 is 1.08 bits per heavy atom. The third-order valence-corrected chi connectivity index (χ3v) is 8.76. The molecule has 1 aliphatic rings. The predicted molar refractivity (Wildman–Crippen MR) is 188 cm³/mol. The van der Waals surface area contributed by atoms with Crippen LogP contribution >= 0.6 is 11.3 Å². The van der Waals surface area contributed by atoms with Gasteiger partial charge in [0, 0.05) is 37.1 Å². The fourth-order valence-corrected chi connectivity index (χ4v) is 6.37. The fourth-order valence-electron chi connectivity index (χ4n) is 5.76. The van der Waals surface area contributed by atoms with Gasteiger partial charge in [-0.1, -0.05) is 44.2 Å². The first-order valence-corrected chi connectivity index (χ1v) is 17.6. The quantitative estimate of drug-likeness (QED) is 0.257. The normalized spacial score (nSPS) is 17.6. The second-order valence-corrected chi connectivity index (χ2v) is 16.1. The summed E-state index contributed by atoms with van der Waals surface area (Å²) in [7, 11) is 0. The molecule has 2 heterocycles. The summed E-state index contributed by atoms with van der Waals surface area (Å²) in [6, 6.07) is 6.69. The van der Waals surface area contributed by atoms with Crippen LogP contribution in [0.4, 0.5) is 9.59 Å². The van der Waals surface area contributed by atoms with E-state index >= 15 is 0 Å². The van der Waals surface area contributed by atoms with Crippen LogP contribution in [0.25, 0.3) is 0 Å². The number of carboxylic acid groups (broad SMARTS) is 1. The molecule has 0 aliphatic carbocycles. The van der Waals surface area contributed by atoms with Gasteiger partial charge in [0.25, 0.3) is 0 Å². The Bertz CT molecular complexity index is 1420. The van der Waals surface area contributed by atoms with Crippen molar-refractivity contribution in [2.75, 3.05) is 26.2 Å². The number of piperazine rings is 1. The lowest BCUT2D eigenvalue weighted by Gasteiger charge is -2.43. The molecule has 1 aromatic heterocycles. The van der Waals surface area contributed by atoms with Crippen molar-refractivity contribution in [1.29, 1.82) is 0 Å². The Labute approximate surface area is 294 Å². The Kier molecular flexibility index (Phi) is 13.6. The molecule has 13 nitrogen and oxygen atoms in total. The summed E-state index contributed by atoms with van der Waals surface area (Å²) in [6.07, 6.45) is -2.68. The van der Waals surface area contributed by atoms with Crippen LogP contribution in [-0.4, -0.2) is 115 Å². The standard InChI is InChI=1S/C35H54N6O7S/c1-22(2)29(41(32(45)46)18-25-21-49-23(3)36-25)31(44)37-26(17-24-13-11-10-12-14-24)28(42)20-39-15-16-40(33(47)48-35(7,8)9)19-27(39)30(43)38-34(4,5)6/h10-14,21-22,26-29,42H,15-20H2,1-9H3,(H,37,44)(H,38,43)(H,45,46)/t26-,27-,28-,29-/m0/s1. The predicted octanol–water partition coefficient (Wildman–Crippen LogP) is 3.88. The second kappa shape index (κ2) is 16.8. The fraction of sp³-hybridized carbons (Fsp3) is 0.629. The lowest BCUT2D eigenvalue weighted by atomic mass is 9.97. The van der Waals surface area contributed by atoms with Crippen LogP contribution in [0.15, 0.2) is 35.7 Å². The molecule has 2 aromatic rings. The number of nitrogens with zero attached hydrogens (tertiary/aromatic N) is 4. The smallest absolute Gasteiger partial charge is 0.410 e. The van der Waals surface area contributed by atoms with Gasteiger partial charge in [-0.25, -0.2) is 14.6 Å². The van der Waals surface area contributed by atoms with E-state index in [1.165, 1.54) is 16.2 Å². The van der Waals surface area contributed by atoms with Gasteiger partial charge in [-0.05, 0) is 66.4 Å². The topological polar surface area (TPSA) is 165 Å². The molecule has 1 aliphatic heterocycles. The van der Waals surface area contributed by atoms with E-state index in [0.717, 1.165) is 15.5 Å². The first-order chi connectivity index (χ1) is 22.7. The Hall–Kier alpha value is -3.75. The molecule has 1 aromatic carbocycles. The molecule has 4 atom stereocenters. The number of hydrogen-bond donors (Lipinski definition) is 4. The number of carbonyl (C=O) groups excluding carboxylic acids is 3. The number of aliphatic hydroxyl groups is 1. The summed E-state index contributed by atoms with van der Waals surface area (Å²) < 4.78 is 5.58. The number of carbonyl (C=O) groups is 4. The Morgan fingerprint density at radius 2 is 1.73 bits per heavy atom. The monoisotopic (exact) mass is 702 g/mol. The van der Waals surface area contributed by atoms with Crippen LogP contribution in [0.2, 0.25) is 0 Å². The summed E-state index contributed by atoms with van der Waals surface area (Å²) >= 11 is 1.40. The lowest BCUT2D eigenvalue weighted by molar-refractivity contribution is -0.132. The largest absolute Gasteiger partial charge is 0.465 e. The van der Waals surface area contributed by atoms with Gasteiger partial charge in [-0.2, -0.15) is 0 Å². The summed E-state index contributed by atoms with van der Waals surface area (Å²) in [5.74, 6) is -1.23. The van der Waals surface area contributed by atoms with Crippen molar-refractivity contribution >= 4 is 35.3 Å². The molecule has 1 saturated heterocycles. The van der Waals surface area contributed by atoms with Crippen LogP contribution in [0, 0.1) is 12.8 Å². The van der Waals surface area contributed by atoms with Crippen LogP contribution in [-0.2, 0) is 27.3 Å². The summed E-state index contributed by atoms with van der Waals surface area (Å²) in [5.41, 5.74) is 0.158. The van der Waals surface area contributed by atoms with Gasteiger partial charge in [0.15, 0.2) is 0 Å². The highest BCUT2D eigenvalue weighted by Crippen LogP contribution is 2.21. The number of thiazole rings is 1. The van der Waals surface area contributed by atoms with E-state index in [1.807, 2.05) is 62.9 Å². The molecule has 14 heteroatoms. The number of aromatic nitrogens is 1. The van der Waals surface area contributed by atoms with E-state index in [4.69, 9.17) is 4.74 Å². The maximum absolute atomic E-state index is 14.0. The van der Waals surface area contributed by atoms with Gasteiger partial charge >= 0.3 is 12.2 Å². The molecule has 49 heavy (non-hydrogen) atoms. The molecule has 0 bridgehead atoms. The van der Waals surface area contributed by atoms with E-state index in [-0.39, 0.29) is 45.1 Å². The average Bonchev–Trinajstić information content (AvgIpc) is 3.39. The second-order valence-electron chi connectivity index (χ2n) is 15.0. The zero-order chi connectivity index (χ0) is 36.7. The van der Waals surface area contributed by atoms with Crippen LogP contribution in [0.1, 0.15) is 71.7 Å². The highest BCUT2D eigenvalue weighted by atomic mass is 32.1. The van der Waals surface area contributed by atoms with Gasteiger partial charge in [0.1, 0.15) is 17.7 Å². The molecular formula is C35H54N6O7S. The number of nitrogens with one attached hydrogen (secondary N) is 2. The highest BCUT2D eigenvalue weighted by molar-refractivity contribution is 7.09. The molecule has 3 rings (SSSR count). The summed E-state index contributed by atoms with van der Waals surface area (Å²) in [4.78, 5) is 61.9. The molecule has 0 spiro atoms. The van der Waals surface area contributed by atoms with Gasteiger partial charge < -0.3 is 30.5 Å². The summed E-state index contributed by atoms with van der Waals surface area (Å²) in [5, 5.41) is 30.5. The van der Waals surface area contributed by atoms with E-state index in [9.17, 15) is 29.4 Å². The van der Waals surface area contributed by atoms with Gasteiger partial charge in [-0.3, -0.25) is 19.4 Å². The van der Waals surface area contributed by atoms with Gasteiger partial charge in [0.2, 0.25) is 11.8 Å². The average molecular weight is 703 g/mol. The summed E-state index contributed by atoms with van der Waals surface area (Å²) in [6.45, 7) is 16.9. The number of ether oxygens (including phenoxy) is 1. The molecule has 0 radical (unpaired) electrons. The van der Waals surface area contributed by atoms with E-state index in [1.54, 1.807) is 40.0 Å². The highest BCUT2D eigenvalue weighted by Gasteiger charge is 2.40. The number of aliphatic hydroxyl groups excluding tert-OH is 1. The van der Waals surface area contributed by atoms with Crippen molar-refractivity contribution in [1.82, 2.24) is 30.3 Å². The van der Waals surface area contributed by atoms with Crippen molar-refractivity contribution < 1.29 is 34.1 Å². The zero-order valence-electron chi connectivity index (χ0n) is 30.2. The van der Waals surface area contributed by atoms with E-state index < -0.39 is 59.4 Å². The minimum atomic E-state index is -1.25. The molecule has 1 fully saturated rings. The van der Waals surface area contributed by atoms with E-state index in [2.05, 4.69) is 15.6 Å². The molecule has 0 unspecified atom stereocenters. The molecular weight excluding hydrogens is 648 g/mol. The van der Waals surface area contributed by atoms with Crippen molar-refractivity contribution in [3.05, 3.63) is 52.0 Å². The maximum atomic E-state index is 14.0. The lowest BCUT2D eigenvalue weighted by Crippen LogP contribution is -2.64. The van der Waals surface area contributed by atoms with Crippen molar-refractivity contribution in [2.45, 2.75) is 111 Å². The first-order valence-electron chi connectivity index (χ1n) is 16.7. The SMILES string of the molecule is Cc1nc(CN(C(=O)O)[C@H](C(=O)N[C@@H](Cc2ccccc2)[C@@H](O)CN2CCN(C(=O)OC(C)(C)C)C[C@H]2C(=O)NC(C)(C)C)C(C)C)cs1. The van der Waals surface area contributed by atoms with Crippen LogP contribution in [0.5, 0.6) is 0 Å². The van der Waals surface area contributed by atoms with Crippen molar-refractivity contribution in [3.8, 4) is 0 Å². The van der Waals surface area contributed by atoms with Crippen LogP contribution in [0.3, 0.4) is 0 Å². The third-order valence-electron chi connectivity index (χ3n) is 7.94. The number of benzene rings is 1. The molecule has 0 saturated carbocycles. The van der Waals surface area contributed by atoms with E-state index in [0.29, 0.717) is 5.69 Å². The minimum absolute atomic E-state index is 0.00919. The number of rotatable bonds is 12. The number of β-amino-alcohol motifs (C(OH)–C–C–N with tert-alkyl or cyclic N) is 1. The minimum Gasteiger partial charge on any atom is -0.465 e. The molecule has 4 N–H and O–H groups in total. The number of aryl methyl sites for hydroxylation is 1. The number of hydrogen-bond acceptors (Lipinski definition) is 9. The van der Waals surface area contributed by atoms with Crippen molar-refractivity contribution in [2.24, 2.45) is 5.92 Å². The van der Waals surface area contributed by atoms with Crippen LogP contribution < -0.4 is 10.6 Å². The maximum Gasteiger partial charge on any atom is 0.410 e. The van der Waals surface area contributed by atoms with Crippen molar-refractivity contribution in [3.63, 3.8) is 0 Å².